The molecule has 1 saturated carbocycles. The number of hydrogen-bond donors (Lipinski definition) is 2. The van der Waals surface area contributed by atoms with Crippen molar-refractivity contribution in [1.29, 1.82) is 0 Å². The lowest BCUT2D eigenvalue weighted by Crippen LogP contribution is -2.34. The van der Waals surface area contributed by atoms with Gasteiger partial charge in [0.15, 0.2) is 11.6 Å². The van der Waals surface area contributed by atoms with E-state index in [2.05, 4.69) is 15.3 Å². The first-order valence-electron chi connectivity index (χ1n) is 5.95. The van der Waals surface area contributed by atoms with Crippen LogP contribution in [0, 0.1) is 5.82 Å². The van der Waals surface area contributed by atoms with Crippen molar-refractivity contribution in [3.63, 3.8) is 0 Å². The minimum Gasteiger partial charge on any atom is -0.446 e. The second-order valence-corrected chi connectivity index (χ2v) is 4.74. The normalized spacial score (nSPS) is 22.8. The van der Waals surface area contributed by atoms with E-state index in [9.17, 15) is 9.18 Å². The number of ether oxygens (including phenoxy) is 1. The summed E-state index contributed by atoms with van der Waals surface area (Å²) < 4.78 is 18.4. The number of carbonyl (C=O) groups excluding carboxylic acids is 1. The minimum absolute atomic E-state index is 0.0235. The summed E-state index contributed by atoms with van der Waals surface area (Å²) >= 11 is 5.62. The van der Waals surface area contributed by atoms with E-state index >= 15 is 0 Å². The molecule has 1 aromatic heterocycles. The second-order valence-electron chi connectivity index (χ2n) is 4.40. The number of amides is 1. The molecule has 1 aromatic rings. The largest absolute Gasteiger partial charge is 0.446 e. The van der Waals surface area contributed by atoms with Crippen molar-refractivity contribution < 1.29 is 13.9 Å². The van der Waals surface area contributed by atoms with Gasteiger partial charge in [-0.05, 0) is 30.9 Å². The van der Waals surface area contributed by atoms with Crippen molar-refractivity contribution >= 4 is 23.5 Å². The molecule has 0 saturated heterocycles. The summed E-state index contributed by atoms with van der Waals surface area (Å²) in [5.74, 6) is -0.507. The number of nitrogens with zero attached hydrogens (tertiary/aromatic N) is 2. The number of nitrogens with one attached hydrogen (secondary N) is 1. The molecule has 8 heteroatoms. The van der Waals surface area contributed by atoms with Crippen LogP contribution >= 0.6 is 11.6 Å². The molecule has 0 aliphatic heterocycles. The zero-order valence-electron chi connectivity index (χ0n) is 10.1. The van der Waals surface area contributed by atoms with Crippen LogP contribution < -0.4 is 11.1 Å². The van der Waals surface area contributed by atoms with Crippen LogP contribution in [-0.4, -0.2) is 28.2 Å². The van der Waals surface area contributed by atoms with Gasteiger partial charge in [-0.3, -0.25) is 0 Å². The van der Waals surface area contributed by atoms with Crippen molar-refractivity contribution in [2.24, 2.45) is 5.73 Å². The Morgan fingerprint density at radius 1 is 1.58 bits per heavy atom. The lowest BCUT2D eigenvalue weighted by molar-refractivity contribution is 0.0796. The Hall–Kier alpha value is -1.63. The van der Waals surface area contributed by atoms with Crippen molar-refractivity contribution in [2.45, 2.75) is 37.8 Å². The minimum atomic E-state index is -0.790. The summed E-state index contributed by atoms with van der Waals surface area (Å²) in [5, 5.41) is 2.93. The molecule has 1 fully saturated rings. The fourth-order valence-corrected chi connectivity index (χ4v) is 2.32. The average molecular weight is 289 g/mol. The average Bonchev–Trinajstić information content (AvgIpc) is 2.33. The maximum Gasteiger partial charge on any atom is 0.404 e. The van der Waals surface area contributed by atoms with Gasteiger partial charge in [0, 0.05) is 12.5 Å². The Kier molecular flexibility index (Phi) is 4.36. The number of nitrogens with two attached hydrogens (primary N) is 1. The zero-order valence-corrected chi connectivity index (χ0v) is 10.9. The lowest BCUT2D eigenvalue weighted by Gasteiger charge is -2.29. The molecule has 6 nitrogen and oxygen atoms in total. The standard InChI is InChI=1S/C11H14ClFN4O2/c12-10-15-5-8(13)9(17-10)16-6-2-1-3-7(4-6)19-11(14)18/h5-7H,1-4H2,(H2,14,18)(H,15,16,17)/t6-,7+/m1/s1. The van der Waals surface area contributed by atoms with Gasteiger partial charge in [-0.25, -0.2) is 14.2 Å². The molecule has 3 N–H and O–H groups in total. The van der Waals surface area contributed by atoms with Crippen LogP contribution in [0.4, 0.5) is 15.0 Å². The molecule has 0 spiro atoms. The Balaban J connectivity index is 1.98. The van der Waals surface area contributed by atoms with Gasteiger partial charge in [-0.2, -0.15) is 4.98 Å². The monoisotopic (exact) mass is 288 g/mol. The zero-order chi connectivity index (χ0) is 13.8. The highest BCUT2D eigenvalue weighted by Crippen LogP contribution is 2.24. The Labute approximate surface area is 114 Å². The number of aromatic nitrogens is 2. The van der Waals surface area contributed by atoms with Crippen LogP contribution in [0.2, 0.25) is 5.28 Å². The van der Waals surface area contributed by atoms with E-state index in [4.69, 9.17) is 22.1 Å². The highest BCUT2D eigenvalue weighted by molar-refractivity contribution is 6.28. The molecule has 1 heterocycles. The highest BCUT2D eigenvalue weighted by atomic mass is 35.5. The molecule has 0 bridgehead atoms. The van der Waals surface area contributed by atoms with Crippen LogP contribution in [0.3, 0.4) is 0 Å². The van der Waals surface area contributed by atoms with Crippen molar-refractivity contribution in [1.82, 2.24) is 9.97 Å². The van der Waals surface area contributed by atoms with E-state index in [1.54, 1.807) is 0 Å². The van der Waals surface area contributed by atoms with Gasteiger partial charge < -0.3 is 15.8 Å². The quantitative estimate of drug-likeness (QED) is 0.831. The van der Waals surface area contributed by atoms with E-state index in [-0.39, 0.29) is 23.2 Å². The number of carbonyl (C=O) groups is 1. The van der Waals surface area contributed by atoms with Gasteiger partial charge in [-0.1, -0.05) is 0 Å². The molecule has 1 aliphatic rings. The Morgan fingerprint density at radius 2 is 2.37 bits per heavy atom. The van der Waals surface area contributed by atoms with Gasteiger partial charge >= 0.3 is 6.09 Å². The smallest absolute Gasteiger partial charge is 0.404 e. The third-order valence-electron chi connectivity index (χ3n) is 2.96. The first-order valence-corrected chi connectivity index (χ1v) is 6.33. The van der Waals surface area contributed by atoms with E-state index in [1.165, 1.54) is 0 Å². The van der Waals surface area contributed by atoms with E-state index < -0.39 is 11.9 Å². The van der Waals surface area contributed by atoms with Crippen molar-refractivity contribution in [2.75, 3.05) is 5.32 Å². The van der Waals surface area contributed by atoms with Gasteiger partial charge in [-0.15, -0.1) is 0 Å². The number of anilines is 1. The fourth-order valence-electron chi connectivity index (χ4n) is 2.19. The van der Waals surface area contributed by atoms with Crippen LogP contribution in [0.1, 0.15) is 25.7 Å². The first kappa shape index (κ1) is 13.8. The van der Waals surface area contributed by atoms with Crippen molar-refractivity contribution in [3.8, 4) is 0 Å². The maximum absolute atomic E-state index is 13.5. The topological polar surface area (TPSA) is 90.1 Å². The summed E-state index contributed by atoms with van der Waals surface area (Å²) in [7, 11) is 0. The molecule has 1 amide bonds. The lowest BCUT2D eigenvalue weighted by atomic mass is 9.93. The van der Waals surface area contributed by atoms with Crippen LogP contribution in [0.15, 0.2) is 6.20 Å². The van der Waals surface area contributed by atoms with Crippen molar-refractivity contribution in [3.05, 3.63) is 17.3 Å². The van der Waals surface area contributed by atoms with Gasteiger partial charge in [0.25, 0.3) is 0 Å². The highest BCUT2D eigenvalue weighted by Gasteiger charge is 2.25. The second kappa shape index (κ2) is 6.01. The molecule has 0 radical (unpaired) electrons. The fraction of sp³-hybridized carbons (Fsp3) is 0.545. The van der Waals surface area contributed by atoms with Gasteiger partial charge in [0.05, 0.1) is 6.20 Å². The predicted molar refractivity (Wildman–Crippen MR) is 67.3 cm³/mol. The summed E-state index contributed by atoms with van der Waals surface area (Å²) in [6.07, 6.45) is 2.98. The molecule has 104 valence electrons. The van der Waals surface area contributed by atoms with Gasteiger partial charge in [0.1, 0.15) is 6.10 Å². The first-order chi connectivity index (χ1) is 9.04. The molecule has 2 atom stereocenters. The molecular formula is C11H14ClFN4O2. The van der Waals surface area contributed by atoms with Crippen LogP contribution in [-0.2, 0) is 4.74 Å². The Morgan fingerprint density at radius 3 is 3.11 bits per heavy atom. The third kappa shape index (κ3) is 3.92. The molecule has 2 rings (SSSR count). The van der Waals surface area contributed by atoms with Crippen LogP contribution in [0.25, 0.3) is 0 Å². The summed E-state index contributed by atoms with van der Waals surface area (Å²) in [4.78, 5) is 18.0. The molecule has 0 aromatic carbocycles. The summed E-state index contributed by atoms with van der Waals surface area (Å²) in [6, 6.07) is -0.0430. The third-order valence-corrected chi connectivity index (χ3v) is 3.15. The molecule has 0 unspecified atom stereocenters. The van der Waals surface area contributed by atoms with E-state index in [0.717, 1.165) is 25.5 Å². The summed E-state index contributed by atoms with van der Waals surface area (Å²) in [6.45, 7) is 0. The molecule has 19 heavy (non-hydrogen) atoms. The molecule has 1 aliphatic carbocycles. The summed E-state index contributed by atoms with van der Waals surface area (Å²) in [5.41, 5.74) is 4.99. The Bertz CT molecular complexity index is 474. The van der Waals surface area contributed by atoms with Gasteiger partial charge in [0.2, 0.25) is 5.28 Å². The number of hydrogen-bond acceptors (Lipinski definition) is 5. The number of primary amides is 1. The molecular weight excluding hydrogens is 275 g/mol. The number of halogens is 2. The number of rotatable bonds is 3. The van der Waals surface area contributed by atoms with E-state index in [1.807, 2.05) is 0 Å². The van der Waals surface area contributed by atoms with Crippen LogP contribution in [0.5, 0.6) is 0 Å². The predicted octanol–water partition coefficient (Wildman–Crippen LogP) is 2.09. The SMILES string of the molecule is NC(=O)O[C@H]1CCC[C@@H](Nc2nc(Cl)ncc2F)C1. The maximum atomic E-state index is 13.5. The van der Waals surface area contributed by atoms with E-state index in [0.29, 0.717) is 6.42 Å².